The molecular weight excluding hydrogens is 160 g/mol. The Bertz CT molecular complexity index is 287. The molecule has 0 aliphatic rings. The number of phenols is 1. The smallest absolute Gasteiger partial charge is 0.119 e. The molecule has 0 spiro atoms. The molecule has 0 aliphatic carbocycles. The van der Waals surface area contributed by atoms with Crippen molar-refractivity contribution >= 4 is 0 Å². The highest BCUT2D eigenvalue weighted by molar-refractivity contribution is 5.42. The van der Waals surface area contributed by atoms with Gasteiger partial charge < -0.3 is 5.11 Å². The van der Waals surface area contributed by atoms with E-state index < -0.39 is 0 Å². The predicted molar refractivity (Wildman–Crippen MR) is 56.3 cm³/mol. The van der Waals surface area contributed by atoms with Gasteiger partial charge in [0.25, 0.3) is 0 Å². The fourth-order valence-corrected chi connectivity index (χ4v) is 1.70. The average molecular weight is 178 g/mol. The summed E-state index contributed by atoms with van der Waals surface area (Å²) in [5.41, 5.74) is 2.35. The maximum absolute atomic E-state index is 9.71. The first-order valence-corrected chi connectivity index (χ1v) is 4.85. The van der Waals surface area contributed by atoms with Crippen LogP contribution in [0.5, 0.6) is 5.75 Å². The molecular formula is C12H18O. The van der Waals surface area contributed by atoms with Crippen LogP contribution in [0.4, 0.5) is 0 Å². The third-order valence-corrected chi connectivity index (χ3v) is 2.32. The van der Waals surface area contributed by atoms with E-state index in [0.717, 1.165) is 5.56 Å². The Morgan fingerprint density at radius 2 is 1.62 bits per heavy atom. The van der Waals surface area contributed by atoms with Crippen LogP contribution < -0.4 is 0 Å². The summed E-state index contributed by atoms with van der Waals surface area (Å²) in [4.78, 5) is 0. The van der Waals surface area contributed by atoms with E-state index in [2.05, 4.69) is 33.8 Å². The summed E-state index contributed by atoms with van der Waals surface area (Å²) in [7, 11) is 0. The molecule has 72 valence electrons. The van der Waals surface area contributed by atoms with Crippen LogP contribution in [0.3, 0.4) is 0 Å². The molecule has 0 heterocycles. The Morgan fingerprint density at radius 1 is 1.00 bits per heavy atom. The molecule has 1 rings (SSSR count). The van der Waals surface area contributed by atoms with Crippen LogP contribution in [-0.2, 0) is 0 Å². The van der Waals surface area contributed by atoms with Crippen LogP contribution in [0.1, 0.15) is 50.7 Å². The first-order valence-electron chi connectivity index (χ1n) is 4.85. The number of hydrogen-bond acceptors (Lipinski definition) is 1. The molecule has 0 aliphatic heterocycles. The molecule has 1 N–H and O–H groups in total. The second-order valence-corrected chi connectivity index (χ2v) is 4.09. The molecule has 0 fully saturated rings. The van der Waals surface area contributed by atoms with Crippen LogP contribution in [0, 0.1) is 0 Å². The van der Waals surface area contributed by atoms with Crippen LogP contribution in [0.2, 0.25) is 0 Å². The number of benzene rings is 1. The van der Waals surface area contributed by atoms with Crippen molar-refractivity contribution in [1.29, 1.82) is 0 Å². The van der Waals surface area contributed by atoms with Gasteiger partial charge in [0.2, 0.25) is 0 Å². The minimum absolute atomic E-state index is 0.388. The van der Waals surface area contributed by atoms with E-state index in [0.29, 0.717) is 17.6 Å². The molecule has 13 heavy (non-hydrogen) atoms. The molecule has 1 nitrogen and oxygen atoms in total. The first kappa shape index (κ1) is 10.1. The maximum atomic E-state index is 9.71. The van der Waals surface area contributed by atoms with Gasteiger partial charge in [-0.25, -0.2) is 0 Å². The van der Waals surface area contributed by atoms with Gasteiger partial charge in [-0.1, -0.05) is 39.8 Å². The van der Waals surface area contributed by atoms with Gasteiger partial charge in [-0.3, -0.25) is 0 Å². The molecule has 1 heteroatoms. The monoisotopic (exact) mass is 178 g/mol. The lowest BCUT2D eigenvalue weighted by Crippen LogP contribution is -1.98. The van der Waals surface area contributed by atoms with Gasteiger partial charge in [0.15, 0.2) is 0 Å². The van der Waals surface area contributed by atoms with Crippen LogP contribution >= 0.6 is 0 Å². The maximum Gasteiger partial charge on any atom is 0.119 e. The summed E-state index contributed by atoms with van der Waals surface area (Å²) >= 11 is 0. The number of rotatable bonds is 2. The molecule has 0 saturated carbocycles. The normalized spacial score (nSPS) is 11.2. The van der Waals surface area contributed by atoms with Crippen LogP contribution in [0.25, 0.3) is 0 Å². The number of aromatic hydroxyl groups is 1. The van der Waals surface area contributed by atoms with Crippen molar-refractivity contribution in [3.63, 3.8) is 0 Å². The molecule has 0 atom stereocenters. The lowest BCUT2D eigenvalue weighted by atomic mass is 9.90. The van der Waals surface area contributed by atoms with Gasteiger partial charge in [0.1, 0.15) is 5.75 Å². The highest BCUT2D eigenvalue weighted by Crippen LogP contribution is 2.32. The highest BCUT2D eigenvalue weighted by Gasteiger charge is 2.13. The zero-order chi connectivity index (χ0) is 10.0. The predicted octanol–water partition coefficient (Wildman–Crippen LogP) is 3.64. The van der Waals surface area contributed by atoms with E-state index in [1.807, 2.05) is 6.07 Å². The Labute approximate surface area is 80.4 Å². The molecule has 0 aromatic heterocycles. The molecule has 0 radical (unpaired) electrons. The van der Waals surface area contributed by atoms with E-state index >= 15 is 0 Å². The Balaban J connectivity index is 3.26. The van der Waals surface area contributed by atoms with Crippen molar-refractivity contribution in [3.8, 4) is 5.75 Å². The van der Waals surface area contributed by atoms with E-state index in [9.17, 15) is 5.11 Å². The molecule has 0 bridgehead atoms. The molecule has 0 saturated heterocycles. The summed E-state index contributed by atoms with van der Waals surface area (Å²) in [6.07, 6.45) is 0. The van der Waals surface area contributed by atoms with E-state index in [4.69, 9.17) is 0 Å². The van der Waals surface area contributed by atoms with Crippen molar-refractivity contribution in [3.05, 3.63) is 29.3 Å². The van der Waals surface area contributed by atoms with E-state index in [-0.39, 0.29) is 0 Å². The zero-order valence-corrected chi connectivity index (χ0v) is 8.83. The quantitative estimate of drug-likeness (QED) is 0.733. The molecule has 0 unspecified atom stereocenters. The molecule has 1 aromatic rings. The standard InChI is InChI=1S/C12H18O/c1-8(2)10-6-5-7-11(13)12(10)9(3)4/h5-9,13H,1-4H3. The number of hydrogen-bond donors (Lipinski definition) is 1. The second-order valence-electron chi connectivity index (χ2n) is 4.09. The summed E-state index contributed by atoms with van der Waals surface area (Å²) in [5, 5.41) is 9.71. The van der Waals surface area contributed by atoms with Gasteiger partial charge in [-0.15, -0.1) is 0 Å². The third-order valence-electron chi connectivity index (χ3n) is 2.32. The molecule has 1 aromatic carbocycles. The van der Waals surface area contributed by atoms with Crippen LogP contribution in [0.15, 0.2) is 18.2 Å². The number of phenolic OH excluding ortho intramolecular Hbond substituents is 1. The lowest BCUT2D eigenvalue weighted by Gasteiger charge is -2.16. The van der Waals surface area contributed by atoms with Gasteiger partial charge in [-0.05, 0) is 29.0 Å². The highest BCUT2D eigenvalue weighted by atomic mass is 16.3. The minimum atomic E-state index is 0.388. The Kier molecular flexibility index (Phi) is 2.97. The van der Waals surface area contributed by atoms with Crippen LogP contribution in [-0.4, -0.2) is 5.11 Å². The van der Waals surface area contributed by atoms with Crippen molar-refractivity contribution in [2.24, 2.45) is 0 Å². The summed E-state index contributed by atoms with van der Waals surface area (Å²) in [6.45, 7) is 8.53. The van der Waals surface area contributed by atoms with Gasteiger partial charge >= 0.3 is 0 Å². The second kappa shape index (κ2) is 3.82. The topological polar surface area (TPSA) is 20.2 Å². The SMILES string of the molecule is CC(C)c1cccc(O)c1C(C)C. The first-order chi connectivity index (χ1) is 6.04. The van der Waals surface area contributed by atoms with Crippen molar-refractivity contribution in [2.45, 2.75) is 39.5 Å². The fraction of sp³-hybridized carbons (Fsp3) is 0.500. The van der Waals surface area contributed by atoms with E-state index in [1.54, 1.807) is 6.07 Å². The Hall–Kier alpha value is -0.980. The third kappa shape index (κ3) is 2.03. The summed E-state index contributed by atoms with van der Waals surface area (Å²) in [5.74, 6) is 1.30. The summed E-state index contributed by atoms with van der Waals surface area (Å²) < 4.78 is 0. The van der Waals surface area contributed by atoms with E-state index in [1.165, 1.54) is 5.56 Å². The summed E-state index contributed by atoms with van der Waals surface area (Å²) in [6, 6.07) is 5.78. The fourth-order valence-electron chi connectivity index (χ4n) is 1.70. The van der Waals surface area contributed by atoms with Crippen molar-refractivity contribution in [2.75, 3.05) is 0 Å². The average Bonchev–Trinajstić information content (AvgIpc) is 2.02. The molecule has 0 amide bonds. The van der Waals surface area contributed by atoms with Crippen molar-refractivity contribution in [1.82, 2.24) is 0 Å². The van der Waals surface area contributed by atoms with Gasteiger partial charge in [0, 0.05) is 0 Å². The Morgan fingerprint density at radius 3 is 2.00 bits per heavy atom. The van der Waals surface area contributed by atoms with Gasteiger partial charge in [-0.2, -0.15) is 0 Å². The zero-order valence-electron chi connectivity index (χ0n) is 8.83. The van der Waals surface area contributed by atoms with Gasteiger partial charge in [0.05, 0.1) is 0 Å². The minimum Gasteiger partial charge on any atom is -0.508 e. The lowest BCUT2D eigenvalue weighted by molar-refractivity contribution is 0.462. The largest absolute Gasteiger partial charge is 0.508 e. The van der Waals surface area contributed by atoms with Crippen molar-refractivity contribution < 1.29 is 5.11 Å².